The van der Waals surface area contributed by atoms with Crippen molar-refractivity contribution in [3.63, 3.8) is 0 Å². The van der Waals surface area contributed by atoms with Gasteiger partial charge in [0.15, 0.2) is 0 Å². The molecule has 54 valence electrons. The first-order chi connectivity index (χ1) is 4.27. The van der Waals surface area contributed by atoms with Gasteiger partial charge in [0.25, 0.3) is 0 Å². The van der Waals surface area contributed by atoms with E-state index in [9.17, 15) is 0 Å². The molecule has 0 aromatic heterocycles. The molecule has 0 aromatic rings. The van der Waals surface area contributed by atoms with E-state index in [1.54, 1.807) is 0 Å². The maximum atomic E-state index is 5.49. The van der Waals surface area contributed by atoms with Crippen molar-refractivity contribution in [3.05, 3.63) is 12.2 Å². The highest BCUT2D eigenvalue weighted by Gasteiger charge is 1.81. The van der Waals surface area contributed by atoms with Crippen molar-refractivity contribution in [3.8, 4) is 0 Å². The van der Waals surface area contributed by atoms with E-state index in [2.05, 4.69) is 19.1 Å². The molecule has 0 heterocycles. The third kappa shape index (κ3) is 7.70. The molecule has 0 spiro atoms. The number of hydrogen-bond donors (Lipinski definition) is 1. The van der Waals surface area contributed by atoms with Gasteiger partial charge in [0.2, 0.25) is 0 Å². The van der Waals surface area contributed by atoms with Crippen molar-refractivity contribution >= 4 is 0 Å². The van der Waals surface area contributed by atoms with Gasteiger partial charge in [-0.05, 0) is 13.3 Å². The fourth-order valence-electron chi connectivity index (χ4n) is 0.633. The fourth-order valence-corrected chi connectivity index (χ4v) is 0.633. The Balaban J connectivity index is 3.04. The molecule has 1 atom stereocenters. The maximum absolute atomic E-state index is 5.49. The van der Waals surface area contributed by atoms with Gasteiger partial charge in [0, 0.05) is 6.04 Å². The lowest BCUT2D eigenvalue weighted by Crippen LogP contribution is -2.09. The Morgan fingerprint density at radius 3 is 2.67 bits per heavy atom. The van der Waals surface area contributed by atoms with Gasteiger partial charge in [-0.3, -0.25) is 0 Å². The van der Waals surface area contributed by atoms with Crippen molar-refractivity contribution in [1.29, 1.82) is 0 Å². The highest BCUT2D eigenvalue weighted by Crippen LogP contribution is 1.94. The third-order valence-electron chi connectivity index (χ3n) is 1.16. The van der Waals surface area contributed by atoms with Gasteiger partial charge < -0.3 is 5.73 Å². The van der Waals surface area contributed by atoms with Gasteiger partial charge >= 0.3 is 0 Å². The maximum Gasteiger partial charge on any atom is 0.0194 e. The van der Waals surface area contributed by atoms with Gasteiger partial charge in [-0.2, -0.15) is 0 Å². The summed E-state index contributed by atoms with van der Waals surface area (Å²) < 4.78 is 0. The number of rotatable bonds is 4. The van der Waals surface area contributed by atoms with Crippen molar-refractivity contribution in [1.82, 2.24) is 0 Å². The second kappa shape index (κ2) is 5.83. The Morgan fingerprint density at radius 1 is 1.56 bits per heavy atom. The lowest BCUT2D eigenvalue weighted by molar-refractivity contribution is 0.807. The van der Waals surface area contributed by atoms with Crippen LogP contribution in [0.1, 0.15) is 33.1 Å². The molecule has 0 aliphatic carbocycles. The molecule has 0 fully saturated rings. The molecular formula is C8H17N. The summed E-state index contributed by atoms with van der Waals surface area (Å²) in [6.45, 7) is 4.18. The first kappa shape index (κ1) is 8.70. The molecule has 1 unspecified atom stereocenters. The Labute approximate surface area is 57.9 Å². The van der Waals surface area contributed by atoms with E-state index in [0.717, 1.165) is 0 Å². The molecule has 1 nitrogen and oxygen atoms in total. The molecule has 2 N–H and O–H groups in total. The quantitative estimate of drug-likeness (QED) is 0.454. The van der Waals surface area contributed by atoms with Crippen LogP contribution < -0.4 is 5.73 Å². The minimum atomic E-state index is 0.224. The summed E-state index contributed by atoms with van der Waals surface area (Å²) in [5.74, 6) is 0. The smallest absolute Gasteiger partial charge is 0.0194 e. The van der Waals surface area contributed by atoms with E-state index >= 15 is 0 Å². The average molecular weight is 127 g/mol. The second-order valence-corrected chi connectivity index (χ2v) is 2.43. The summed E-state index contributed by atoms with van der Waals surface area (Å²) in [6, 6.07) is 0.224. The van der Waals surface area contributed by atoms with E-state index in [-0.39, 0.29) is 6.04 Å². The van der Waals surface area contributed by atoms with Crippen LogP contribution in [-0.4, -0.2) is 6.04 Å². The normalized spacial score (nSPS) is 14.6. The number of allylic oxidation sites excluding steroid dienone is 1. The summed E-state index contributed by atoms with van der Waals surface area (Å²) in [5, 5.41) is 0. The lowest BCUT2D eigenvalue weighted by atomic mass is 10.2. The van der Waals surface area contributed by atoms with Gasteiger partial charge in [-0.15, -0.1) is 0 Å². The predicted octanol–water partition coefficient (Wildman–Crippen LogP) is 2.08. The summed E-state index contributed by atoms with van der Waals surface area (Å²) in [6.07, 6.45) is 7.94. The zero-order chi connectivity index (χ0) is 7.11. The van der Waals surface area contributed by atoms with Crippen LogP contribution >= 0.6 is 0 Å². The molecule has 1 heteroatoms. The van der Waals surface area contributed by atoms with Crippen molar-refractivity contribution in [2.45, 2.75) is 39.2 Å². The Kier molecular flexibility index (Phi) is 5.64. The zero-order valence-electron chi connectivity index (χ0n) is 6.43. The Hall–Kier alpha value is -0.300. The fraction of sp³-hybridized carbons (Fsp3) is 0.750. The molecule has 0 amide bonds. The average Bonchev–Trinajstić information content (AvgIpc) is 1.80. The molecule has 0 aliphatic rings. The van der Waals surface area contributed by atoms with E-state index in [4.69, 9.17) is 5.73 Å². The predicted molar refractivity (Wildman–Crippen MR) is 42.3 cm³/mol. The van der Waals surface area contributed by atoms with Crippen LogP contribution in [0.2, 0.25) is 0 Å². The highest BCUT2D eigenvalue weighted by atomic mass is 14.6. The monoisotopic (exact) mass is 127 g/mol. The standard InChI is InChI=1S/C8H17N/c1-3-4-5-6-7-8(2)9/h6-8H,3-5,9H2,1-2H3/b7-6+. The molecule has 0 saturated heterocycles. The van der Waals surface area contributed by atoms with Crippen molar-refractivity contribution in [2.24, 2.45) is 5.73 Å². The number of hydrogen-bond acceptors (Lipinski definition) is 1. The number of unbranched alkanes of at least 4 members (excludes halogenated alkanes) is 2. The van der Waals surface area contributed by atoms with Crippen LogP contribution in [0.4, 0.5) is 0 Å². The first-order valence-corrected chi connectivity index (χ1v) is 3.69. The van der Waals surface area contributed by atoms with Crippen LogP contribution in [0.15, 0.2) is 12.2 Å². The van der Waals surface area contributed by atoms with E-state index in [0.29, 0.717) is 0 Å². The molecular weight excluding hydrogens is 110 g/mol. The van der Waals surface area contributed by atoms with Gasteiger partial charge in [0.05, 0.1) is 0 Å². The first-order valence-electron chi connectivity index (χ1n) is 3.69. The molecule has 0 bridgehead atoms. The zero-order valence-corrected chi connectivity index (χ0v) is 6.43. The van der Waals surface area contributed by atoms with Crippen LogP contribution in [0.5, 0.6) is 0 Å². The molecule has 0 rings (SSSR count). The Morgan fingerprint density at radius 2 is 2.22 bits per heavy atom. The second-order valence-electron chi connectivity index (χ2n) is 2.43. The van der Waals surface area contributed by atoms with E-state index in [1.807, 2.05) is 6.92 Å². The topological polar surface area (TPSA) is 26.0 Å². The van der Waals surface area contributed by atoms with Gasteiger partial charge in [-0.1, -0.05) is 31.9 Å². The Bertz CT molecular complexity index is 74.6. The number of nitrogens with two attached hydrogens (primary N) is 1. The molecule has 0 radical (unpaired) electrons. The largest absolute Gasteiger partial charge is 0.325 e. The third-order valence-corrected chi connectivity index (χ3v) is 1.16. The van der Waals surface area contributed by atoms with E-state index < -0.39 is 0 Å². The summed E-state index contributed by atoms with van der Waals surface area (Å²) in [7, 11) is 0. The van der Waals surface area contributed by atoms with Crippen LogP contribution in [0.3, 0.4) is 0 Å². The molecule has 9 heavy (non-hydrogen) atoms. The summed E-state index contributed by atoms with van der Waals surface area (Å²) in [4.78, 5) is 0. The summed E-state index contributed by atoms with van der Waals surface area (Å²) in [5.41, 5.74) is 5.49. The summed E-state index contributed by atoms with van der Waals surface area (Å²) >= 11 is 0. The van der Waals surface area contributed by atoms with E-state index in [1.165, 1.54) is 19.3 Å². The van der Waals surface area contributed by atoms with Gasteiger partial charge in [-0.25, -0.2) is 0 Å². The lowest BCUT2D eigenvalue weighted by Gasteiger charge is -1.93. The SMILES string of the molecule is CCCC/C=C/C(C)N. The van der Waals surface area contributed by atoms with Crippen molar-refractivity contribution < 1.29 is 0 Å². The molecule has 0 aliphatic heterocycles. The molecule has 0 aromatic carbocycles. The minimum Gasteiger partial charge on any atom is -0.325 e. The van der Waals surface area contributed by atoms with Crippen LogP contribution in [0, 0.1) is 0 Å². The highest BCUT2D eigenvalue weighted by molar-refractivity contribution is 4.88. The molecule has 0 saturated carbocycles. The van der Waals surface area contributed by atoms with Crippen molar-refractivity contribution in [2.75, 3.05) is 0 Å². The van der Waals surface area contributed by atoms with Gasteiger partial charge in [0.1, 0.15) is 0 Å². The van der Waals surface area contributed by atoms with Crippen LogP contribution in [-0.2, 0) is 0 Å². The minimum absolute atomic E-state index is 0.224. The van der Waals surface area contributed by atoms with Crippen LogP contribution in [0.25, 0.3) is 0 Å².